The van der Waals surface area contributed by atoms with Gasteiger partial charge >= 0.3 is 5.97 Å². The Bertz CT molecular complexity index is 1630. The summed E-state index contributed by atoms with van der Waals surface area (Å²) in [5.74, 6) is 0.00364. The molecular weight excluding hydrogens is 510 g/mol. The number of fused-ring (bicyclic) bond motifs is 2. The molecule has 1 atom stereocenters. The number of esters is 1. The van der Waals surface area contributed by atoms with Gasteiger partial charge in [0.2, 0.25) is 0 Å². The number of benzene rings is 3. The number of aliphatic hydroxyl groups excluding tert-OH is 1. The van der Waals surface area contributed by atoms with Crippen molar-refractivity contribution in [2.45, 2.75) is 58.8 Å². The van der Waals surface area contributed by atoms with Crippen molar-refractivity contribution < 1.29 is 19.4 Å². The van der Waals surface area contributed by atoms with Gasteiger partial charge in [-0.05, 0) is 84.5 Å². The highest BCUT2D eigenvalue weighted by atomic mass is 32.1. The van der Waals surface area contributed by atoms with Crippen LogP contribution in [-0.2, 0) is 29.8 Å². The molecule has 3 aromatic carbocycles. The summed E-state index contributed by atoms with van der Waals surface area (Å²) in [5.41, 5.74) is 5.57. The summed E-state index contributed by atoms with van der Waals surface area (Å²) < 4.78 is 14.9. The van der Waals surface area contributed by atoms with Crippen LogP contribution in [0.3, 0.4) is 0 Å². The Morgan fingerprint density at radius 1 is 1.13 bits per heavy atom. The van der Waals surface area contributed by atoms with Crippen LogP contribution < -0.4 is 4.74 Å². The standard InChI is InChI=1S/C31H33N3O4S/c1-19-24(15-26(29-28(19)32-33-34(29)5)37-18-20-9-7-6-8-10-20)25(16-27(36)38-31(2,3)4)22-13-21-11-12-39-30(21)23(14-22)17-35/h6-15,25,35H,16-18H2,1-5H3. The normalized spacial score (nSPS) is 12.7. The van der Waals surface area contributed by atoms with Gasteiger partial charge in [0.05, 0.1) is 13.0 Å². The molecule has 0 saturated heterocycles. The molecule has 0 aliphatic rings. The van der Waals surface area contributed by atoms with Crippen molar-refractivity contribution in [2.24, 2.45) is 7.05 Å². The third-order valence-electron chi connectivity index (χ3n) is 6.76. The van der Waals surface area contributed by atoms with Crippen LogP contribution in [0.2, 0.25) is 0 Å². The fraction of sp³-hybridized carbons (Fsp3) is 0.323. The average molecular weight is 544 g/mol. The Kier molecular flexibility index (Phi) is 7.42. The molecule has 8 heteroatoms. The van der Waals surface area contributed by atoms with Crippen LogP contribution in [-0.4, -0.2) is 31.7 Å². The molecule has 1 N–H and O–H groups in total. The lowest BCUT2D eigenvalue weighted by Gasteiger charge is -2.25. The second-order valence-electron chi connectivity index (χ2n) is 10.8. The average Bonchev–Trinajstić information content (AvgIpc) is 3.53. The van der Waals surface area contributed by atoms with Crippen LogP contribution >= 0.6 is 11.3 Å². The Morgan fingerprint density at radius 3 is 2.62 bits per heavy atom. The topological polar surface area (TPSA) is 86.5 Å². The minimum absolute atomic E-state index is 0.0857. The lowest BCUT2D eigenvalue weighted by atomic mass is 9.84. The zero-order chi connectivity index (χ0) is 27.7. The van der Waals surface area contributed by atoms with Gasteiger partial charge in [0, 0.05) is 17.7 Å². The first-order chi connectivity index (χ1) is 18.6. The molecule has 7 nitrogen and oxygen atoms in total. The van der Waals surface area contributed by atoms with E-state index in [1.54, 1.807) is 16.0 Å². The summed E-state index contributed by atoms with van der Waals surface area (Å²) in [6.45, 7) is 7.91. The molecule has 2 aromatic heterocycles. The number of nitrogens with zero attached hydrogens (tertiary/aromatic N) is 3. The van der Waals surface area contributed by atoms with E-state index >= 15 is 0 Å². The molecule has 0 saturated carbocycles. The largest absolute Gasteiger partial charge is 0.487 e. The summed E-state index contributed by atoms with van der Waals surface area (Å²) in [7, 11) is 1.85. The molecule has 0 fully saturated rings. The number of aromatic nitrogens is 3. The first-order valence-corrected chi connectivity index (χ1v) is 13.8. The molecule has 0 aliphatic heterocycles. The molecule has 5 aromatic rings. The molecule has 0 amide bonds. The second kappa shape index (κ2) is 10.8. The van der Waals surface area contributed by atoms with Crippen molar-refractivity contribution >= 4 is 38.4 Å². The van der Waals surface area contributed by atoms with E-state index in [1.165, 1.54) is 0 Å². The van der Waals surface area contributed by atoms with E-state index in [2.05, 4.69) is 16.4 Å². The van der Waals surface area contributed by atoms with Crippen LogP contribution in [0.15, 0.2) is 60.0 Å². The summed E-state index contributed by atoms with van der Waals surface area (Å²) >= 11 is 1.60. The van der Waals surface area contributed by atoms with Gasteiger partial charge in [-0.15, -0.1) is 16.4 Å². The number of carbonyl (C=O) groups excluding carboxylic acids is 1. The smallest absolute Gasteiger partial charge is 0.307 e. The van der Waals surface area contributed by atoms with Gasteiger partial charge in [-0.1, -0.05) is 41.6 Å². The van der Waals surface area contributed by atoms with Gasteiger partial charge in [0.1, 0.15) is 29.0 Å². The van der Waals surface area contributed by atoms with Crippen molar-refractivity contribution in [3.05, 3.63) is 87.8 Å². The van der Waals surface area contributed by atoms with Crippen LogP contribution in [0.25, 0.3) is 21.1 Å². The third kappa shape index (κ3) is 5.67. The van der Waals surface area contributed by atoms with Crippen LogP contribution in [0.4, 0.5) is 0 Å². The van der Waals surface area contributed by atoms with E-state index in [1.807, 2.05) is 88.7 Å². The molecule has 202 valence electrons. The van der Waals surface area contributed by atoms with E-state index in [-0.39, 0.29) is 24.9 Å². The molecular formula is C31H33N3O4S. The highest BCUT2D eigenvalue weighted by Crippen LogP contribution is 2.40. The lowest BCUT2D eigenvalue weighted by molar-refractivity contribution is -0.155. The molecule has 0 aliphatic carbocycles. The monoisotopic (exact) mass is 543 g/mol. The van der Waals surface area contributed by atoms with E-state index in [4.69, 9.17) is 9.47 Å². The summed E-state index contributed by atoms with van der Waals surface area (Å²) in [4.78, 5) is 13.2. The van der Waals surface area contributed by atoms with Gasteiger partial charge in [0.25, 0.3) is 0 Å². The van der Waals surface area contributed by atoms with E-state index < -0.39 is 5.60 Å². The fourth-order valence-corrected chi connectivity index (χ4v) is 5.89. The predicted molar refractivity (Wildman–Crippen MR) is 154 cm³/mol. The highest BCUT2D eigenvalue weighted by Gasteiger charge is 2.28. The van der Waals surface area contributed by atoms with Gasteiger partial charge in [-0.25, -0.2) is 4.68 Å². The van der Waals surface area contributed by atoms with Crippen molar-refractivity contribution in [1.29, 1.82) is 0 Å². The number of thiophene rings is 1. The van der Waals surface area contributed by atoms with Crippen molar-refractivity contribution in [3.63, 3.8) is 0 Å². The maximum absolute atomic E-state index is 13.2. The number of aryl methyl sites for hydroxylation is 2. The number of rotatable bonds is 8. The van der Waals surface area contributed by atoms with Crippen LogP contribution in [0.1, 0.15) is 60.9 Å². The van der Waals surface area contributed by atoms with Gasteiger partial charge in [0.15, 0.2) is 0 Å². The first kappa shape index (κ1) is 26.8. The maximum Gasteiger partial charge on any atom is 0.307 e. The zero-order valence-corrected chi connectivity index (χ0v) is 23.7. The highest BCUT2D eigenvalue weighted by molar-refractivity contribution is 7.17. The van der Waals surface area contributed by atoms with Gasteiger partial charge < -0.3 is 14.6 Å². The number of aliphatic hydroxyl groups is 1. The summed E-state index contributed by atoms with van der Waals surface area (Å²) in [6, 6.07) is 18.1. The molecule has 0 radical (unpaired) electrons. The predicted octanol–water partition coefficient (Wildman–Crippen LogP) is 6.43. The SMILES string of the molecule is Cc1c(C(CC(=O)OC(C)(C)C)c2cc(CO)c3sccc3c2)cc(OCc2ccccc2)c2c1nnn2C. The fourth-order valence-electron chi connectivity index (χ4n) is 5.01. The Balaban J connectivity index is 1.65. The van der Waals surface area contributed by atoms with Crippen molar-refractivity contribution in [1.82, 2.24) is 15.0 Å². The van der Waals surface area contributed by atoms with E-state index in [9.17, 15) is 9.90 Å². The number of carbonyl (C=O) groups is 1. The zero-order valence-electron chi connectivity index (χ0n) is 22.9. The van der Waals surface area contributed by atoms with Crippen LogP contribution in [0.5, 0.6) is 5.75 Å². The summed E-state index contributed by atoms with van der Waals surface area (Å²) in [6.07, 6.45) is 0.127. The van der Waals surface area contributed by atoms with Crippen molar-refractivity contribution in [3.8, 4) is 5.75 Å². The first-order valence-electron chi connectivity index (χ1n) is 13.0. The Morgan fingerprint density at radius 2 is 1.90 bits per heavy atom. The van der Waals surface area contributed by atoms with E-state index in [0.717, 1.165) is 48.9 Å². The quantitative estimate of drug-likeness (QED) is 0.227. The number of hydrogen-bond acceptors (Lipinski definition) is 7. The third-order valence-corrected chi connectivity index (χ3v) is 7.77. The maximum atomic E-state index is 13.2. The van der Waals surface area contributed by atoms with E-state index in [0.29, 0.717) is 12.4 Å². The molecule has 5 rings (SSSR count). The van der Waals surface area contributed by atoms with Crippen molar-refractivity contribution in [2.75, 3.05) is 0 Å². The Hall–Kier alpha value is -3.75. The molecule has 2 heterocycles. The Labute approximate surface area is 232 Å². The summed E-state index contributed by atoms with van der Waals surface area (Å²) in [5, 5.41) is 22.0. The molecule has 0 spiro atoms. The van der Waals surface area contributed by atoms with Crippen LogP contribution in [0, 0.1) is 6.92 Å². The second-order valence-corrected chi connectivity index (χ2v) is 11.7. The van der Waals surface area contributed by atoms with Gasteiger partial charge in [-0.2, -0.15) is 0 Å². The minimum Gasteiger partial charge on any atom is -0.487 e. The molecule has 1 unspecified atom stereocenters. The molecule has 39 heavy (non-hydrogen) atoms. The number of ether oxygens (including phenoxy) is 2. The van der Waals surface area contributed by atoms with Gasteiger partial charge in [-0.3, -0.25) is 4.79 Å². The minimum atomic E-state index is -0.608. The molecule has 0 bridgehead atoms. The lowest BCUT2D eigenvalue weighted by Crippen LogP contribution is -2.25. The number of hydrogen-bond donors (Lipinski definition) is 1.